The van der Waals surface area contributed by atoms with Crippen LogP contribution in [0.15, 0.2) is 10.5 Å². The molecule has 1 aliphatic heterocycles. The molecule has 15 nitrogen and oxygen atoms in total. The first-order chi connectivity index (χ1) is 16.4. The number of anilines is 1. The predicted octanol–water partition coefficient (Wildman–Crippen LogP) is -0.515. The molecule has 0 aromatic carbocycles. The van der Waals surface area contributed by atoms with E-state index in [4.69, 9.17) is 14.8 Å². The molecule has 0 unspecified atom stereocenters. The van der Waals surface area contributed by atoms with Crippen molar-refractivity contribution >= 4 is 56.2 Å². The first kappa shape index (κ1) is 28.9. The van der Waals surface area contributed by atoms with E-state index in [1.54, 1.807) is 0 Å². The molecule has 4 N–H and O–H groups in total. The summed E-state index contributed by atoms with van der Waals surface area (Å²) in [5.41, 5.74) is 1.97. The normalized spacial score (nSPS) is 18.9. The molecule has 1 aromatic rings. The first-order valence-electron chi connectivity index (χ1n) is 10.3. The second kappa shape index (κ2) is 10.4. The van der Waals surface area contributed by atoms with Crippen LogP contribution in [-0.2, 0) is 43.2 Å². The van der Waals surface area contributed by atoms with Crippen LogP contribution in [0, 0.1) is 5.41 Å². The Morgan fingerprint density at radius 1 is 1.31 bits per heavy atom. The van der Waals surface area contributed by atoms with Crippen molar-refractivity contribution in [1.82, 2.24) is 14.6 Å². The lowest BCUT2D eigenvalue weighted by atomic mass is 9.95. The molecule has 36 heavy (non-hydrogen) atoms. The summed E-state index contributed by atoms with van der Waals surface area (Å²) in [7, 11) is -3.46. The van der Waals surface area contributed by atoms with E-state index in [0.717, 1.165) is 18.4 Å². The fraction of sp³-hybridized carbons (Fsp3) is 0.579. The summed E-state index contributed by atoms with van der Waals surface area (Å²) in [5.74, 6) is -4.07. The van der Waals surface area contributed by atoms with Crippen molar-refractivity contribution in [1.29, 1.82) is 0 Å². The minimum absolute atomic E-state index is 0.0477. The monoisotopic (exact) mass is 549 g/mol. The summed E-state index contributed by atoms with van der Waals surface area (Å²) in [6, 6.07) is -2.36. The van der Waals surface area contributed by atoms with Gasteiger partial charge >= 0.3 is 22.2 Å². The fourth-order valence-corrected chi connectivity index (χ4v) is 4.68. The number of carbonyl (C=O) groups excluding carboxylic acids is 3. The molecule has 0 saturated carbocycles. The van der Waals surface area contributed by atoms with E-state index in [-0.39, 0.29) is 10.8 Å². The molecule has 0 bridgehead atoms. The van der Waals surface area contributed by atoms with E-state index in [2.05, 4.69) is 20.2 Å². The van der Waals surface area contributed by atoms with E-state index in [1.807, 2.05) is 0 Å². The Labute approximate surface area is 210 Å². The van der Waals surface area contributed by atoms with Gasteiger partial charge in [0.05, 0.1) is 25.2 Å². The molecule has 2 amide bonds. The number of carboxylic acid groups (broad SMARTS) is 1. The van der Waals surface area contributed by atoms with Gasteiger partial charge in [0.2, 0.25) is 5.60 Å². The quantitative estimate of drug-likeness (QED) is 0.138. The second-order valence-corrected chi connectivity index (χ2v) is 11.2. The van der Waals surface area contributed by atoms with E-state index >= 15 is 0 Å². The highest BCUT2D eigenvalue weighted by molar-refractivity contribution is 7.85. The minimum Gasteiger partial charge on any atom is -0.478 e. The minimum atomic E-state index is -4.60. The van der Waals surface area contributed by atoms with Gasteiger partial charge in [0.15, 0.2) is 10.8 Å². The Kier molecular flexibility index (Phi) is 8.32. The standard InChI is InChI=1S/C19H27N5O10S2/c1-9-11(14(26)24(9)36(30,31)33-8-18(2,3)16(29)32-6)22-13(25)12(10-7-35-17(20)21-10)23-34-19(4,5)15(27)28/h7,9,11H,8H2,1-6H3,(H2,20,21)(H,22,25)(H,27,28)/b23-12+/t9-,11-/m0/s1. The highest BCUT2D eigenvalue weighted by atomic mass is 32.2. The molecule has 0 aliphatic carbocycles. The molecule has 1 aliphatic rings. The van der Waals surface area contributed by atoms with Crippen LogP contribution < -0.4 is 11.1 Å². The number of rotatable bonds is 11. The van der Waals surface area contributed by atoms with Crippen LogP contribution in [0.3, 0.4) is 0 Å². The van der Waals surface area contributed by atoms with Crippen molar-refractivity contribution in [2.75, 3.05) is 19.5 Å². The number of hydrogen-bond acceptors (Lipinski definition) is 13. The summed E-state index contributed by atoms with van der Waals surface area (Å²) in [4.78, 5) is 57.5. The van der Waals surface area contributed by atoms with Crippen LogP contribution in [0.25, 0.3) is 0 Å². The molecule has 2 atom stereocenters. The van der Waals surface area contributed by atoms with Crippen molar-refractivity contribution in [2.45, 2.75) is 52.3 Å². The molecule has 0 radical (unpaired) electrons. The molecule has 1 saturated heterocycles. The number of nitrogens with two attached hydrogens (primary N) is 1. The predicted molar refractivity (Wildman–Crippen MR) is 125 cm³/mol. The Bertz CT molecular complexity index is 1190. The zero-order valence-electron chi connectivity index (χ0n) is 20.3. The van der Waals surface area contributed by atoms with Crippen LogP contribution in [0.2, 0.25) is 0 Å². The zero-order chi connectivity index (χ0) is 27.6. The van der Waals surface area contributed by atoms with Crippen molar-refractivity contribution in [3.63, 3.8) is 0 Å². The lowest BCUT2D eigenvalue weighted by Gasteiger charge is -2.43. The maximum atomic E-state index is 12.9. The molecular weight excluding hydrogens is 522 g/mol. The number of ether oxygens (including phenoxy) is 1. The summed E-state index contributed by atoms with van der Waals surface area (Å²) >= 11 is 0.974. The second-order valence-electron chi connectivity index (χ2n) is 8.84. The number of carboxylic acids is 1. The van der Waals surface area contributed by atoms with Gasteiger partial charge in [0, 0.05) is 5.38 Å². The van der Waals surface area contributed by atoms with Crippen LogP contribution in [0.4, 0.5) is 5.13 Å². The lowest BCUT2D eigenvalue weighted by Crippen LogP contribution is -2.71. The lowest BCUT2D eigenvalue weighted by molar-refractivity contribution is -0.161. The number of amides is 2. The molecule has 2 heterocycles. The maximum Gasteiger partial charge on any atom is 0.365 e. The summed E-state index contributed by atoms with van der Waals surface area (Å²) < 4.78 is 35.0. The van der Waals surface area contributed by atoms with Gasteiger partial charge in [-0.2, -0.15) is 8.42 Å². The van der Waals surface area contributed by atoms with Gasteiger partial charge in [-0.15, -0.1) is 11.3 Å². The van der Waals surface area contributed by atoms with Crippen LogP contribution in [0.1, 0.15) is 40.3 Å². The number of aliphatic carboxylic acids is 1. The van der Waals surface area contributed by atoms with Crippen LogP contribution in [-0.4, -0.2) is 83.7 Å². The number of hydrogen-bond donors (Lipinski definition) is 3. The number of carbonyl (C=O) groups is 4. The number of oxime groups is 1. The topological polar surface area (TPSA) is 217 Å². The zero-order valence-corrected chi connectivity index (χ0v) is 21.9. The largest absolute Gasteiger partial charge is 0.478 e. The first-order valence-corrected chi connectivity index (χ1v) is 12.5. The van der Waals surface area contributed by atoms with Gasteiger partial charge in [-0.05, 0) is 34.6 Å². The van der Waals surface area contributed by atoms with Crippen molar-refractivity contribution in [2.24, 2.45) is 10.6 Å². The molecule has 1 fully saturated rings. The van der Waals surface area contributed by atoms with Gasteiger partial charge in [0.1, 0.15) is 11.7 Å². The third-order valence-corrected chi connectivity index (χ3v) is 7.11. The molecule has 17 heteroatoms. The van der Waals surface area contributed by atoms with Crippen LogP contribution >= 0.6 is 11.3 Å². The average molecular weight is 550 g/mol. The number of methoxy groups -OCH3 is 1. The van der Waals surface area contributed by atoms with E-state index in [1.165, 1.54) is 40.0 Å². The van der Waals surface area contributed by atoms with Crippen LogP contribution in [0.5, 0.6) is 0 Å². The number of nitrogens with one attached hydrogen (secondary N) is 1. The van der Waals surface area contributed by atoms with Gasteiger partial charge in [-0.1, -0.05) is 5.16 Å². The number of nitrogens with zero attached hydrogens (tertiary/aromatic N) is 3. The fourth-order valence-electron chi connectivity index (χ4n) is 2.72. The number of nitrogen functional groups attached to an aromatic ring is 1. The number of β-lactam (4-membered cyclic amide) rings is 1. The third kappa shape index (κ3) is 6.08. The highest BCUT2D eigenvalue weighted by Gasteiger charge is 2.53. The van der Waals surface area contributed by atoms with Crippen molar-refractivity contribution in [3.8, 4) is 0 Å². The summed E-state index contributed by atoms with van der Waals surface area (Å²) in [6.07, 6.45) is 0. The van der Waals surface area contributed by atoms with E-state index in [0.29, 0.717) is 4.31 Å². The Balaban J connectivity index is 2.18. The smallest absolute Gasteiger partial charge is 0.365 e. The number of thiazole rings is 1. The molecular formula is C19H27N5O10S2. The maximum absolute atomic E-state index is 12.9. The summed E-state index contributed by atoms with van der Waals surface area (Å²) in [5, 5.41) is 16.6. The van der Waals surface area contributed by atoms with Crippen molar-refractivity contribution < 1.29 is 46.5 Å². The molecule has 2 rings (SSSR count). The molecule has 200 valence electrons. The third-order valence-electron chi connectivity index (χ3n) is 5.03. The average Bonchev–Trinajstić information content (AvgIpc) is 3.21. The highest BCUT2D eigenvalue weighted by Crippen LogP contribution is 2.27. The molecule has 1 aromatic heterocycles. The van der Waals surface area contributed by atoms with Gasteiger partial charge in [-0.3, -0.25) is 18.6 Å². The number of esters is 1. The molecule has 0 spiro atoms. The Hall–Kier alpha value is -3.31. The van der Waals surface area contributed by atoms with Gasteiger partial charge < -0.3 is 25.7 Å². The van der Waals surface area contributed by atoms with Gasteiger partial charge in [-0.25, -0.2) is 14.1 Å². The Morgan fingerprint density at radius 3 is 2.39 bits per heavy atom. The van der Waals surface area contributed by atoms with Crippen molar-refractivity contribution in [3.05, 3.63) is 11.1 Å². The Morgan fingerprint density at radius 2 is 1.92 bits per heavy atom. The van der Waals surface area contributed by atoms with Gasteiger partial charge in [0.25, 0.3) is 11.8 Å². The SMILES string of the molecule is COC(=O)C(C)(C)COS(=O)(=O)N1C(=O)[C@@H](NC(=O)/C(=N/OC(C)(C)C(=O)O)c2csc(N)n2)[C@@H]1C. The number of aromatic nitrogens is 1. The van der Waals surface area contributed by atoms with E-state index in [9.17, 15) is 32.7 Å². The van der Waals surface area contributed by atoms with E-state index < -0.39 is 69.5 Å². The summed E-state index contributed by atoms with van der Waals surface area (Å²) in [6.45, 7) is 5.96.